The fourth-order valence-corrected chi connectivity index (χ4v) is 2.35. The predicted octanol–water partition coefficient (Wildman–Crippen LogP) is 3.67. The first-order valence-corrected chi connectivity index (χ1v) is 6.63. The van der Waals surface area contributed by atoms with E-state index in [-0.39, 0.29) is 12.4 Å². The molecule has 0 saturated carbocycles. The first kappa shape index (κ1) is 15.3. The van der Waals surface area contributed by atoms with Crippen molar-refractivity contribution in [3.63, 3.8) is 0 Å². The molecule has 21 heavy (non-hydrogen) atoms. The summed E-state index contributed by atoms with van der Waals surface area (Å²) in [6.07, 6.45) is 0. The molecule has 0 saturated heterocycles. The van der Waals surface area contributed by atoms with Crippen molar-refractivity contribution < 1.29 is 0 Å². The van der Waals surface area contributed by atoms with E-state index in [1.807, 2.05) is 19.1 Å². The third-order valence-electron chi connectivity index (χ3n) is 3.54. The molecule has 0 aliphatic heterocycles. The van der Waals surface area contributed by atoms with Crippen molar-refractivity contribution in [2.24, 2.45) is 5.73 Å². The molecule has 3 aromatic rings. The van der Waals surface area contributed by atoms with Crippen molar-refractivity contribution in [3.8, 4) is 11.1 Å². The molecule has 1 aromatic heterocycles. The van der Waals surface area contributed by atoms with E-state index in [1.165, 1.54) is 0 Å². The van der Waals surface area contributed by atoms with Crippen molar-refractivity contribution in [1.29, 1.82) is 0 Å². The molecule has 0 bridgehead atoms. The molecule has 3 nitrogen and oxygen atoms in total. The Bertz CT molecular complexity index is 784. The van der Waals surface area contributed by atoms with E-state index >= 15 is 0 Å². The smallest absolute Gasteiger partial charge is 0.127 e. The number of hydrogen-bond donors (Lipinski definition) is 2. The zero-order valence-corrected chi connectivity index (χ0v) is 12.7. The molecule has 0 unspecified atom stereocenters. The predicted molar refractivity (Wildman–Crippen MR) is 91.5 cm³/mol. The quantitative estimate of drug-likeness (QED) is 0.759. The van der Waals surface area contributed by atoms with E-state index in [9.17, 15) is 0 Å². The van der Waals surface area contributed by atoms with Crippen molar-refractivity contribution in [3.05, 3.63) is 59.7 Å². The van der Waals surface area contributed by atoms with Gasteiger partial charge in [0.2, 0.25) is 0 Å². The van der Waals surface area contributed by atoms with Crippen LogP contribution in [0.4, 0.5) is 5.82 Å². The van der Waals surface area contributed by atoms with Crippen LogP contribution in [-0.2, 0) is 6.54 Å². The van der Waals surface area contributed by atoms with Gasteiger partial charge in [0.25, 0.3) is 0 Å². The number of rotatable bonds is 2. The van der Waals surface area contributed by atoms with Crippen LogP contribution >= 0.6 is 12.4 Å². The Balaban J connectivity index is 0.00000161. The van der Waals surface area contributed by atoms with Gasteiger partial charge >= 0.3 is 0 Å². The normalized spacial score (nSPS) is 10.4. The number of fused-ring (bicyclic) bond motifs is 1. The van der Waals surface area contributed by atoms with Gasteiger partial charge in [-0.15, -0.1) is 12.4 Å². The van der Waals surface area contributed by atoms with Gasteiger partial charge in [0.15, 0.2) is 0 Å². The fraction of sp³-hybridized carbons (Fsp3) is 0.118. The lowest BCUT2D eigenvalue weighted by molar-refractivity contribution is 1.07. The number of nitrogens with two attached hydrogens (primary N) is 2. The Kier molecular flexibility index (Phi) is 4.46. The van der Waals surface area contributed by atoms with Crippen LogP contribution in [0.15, 0.2) is 48.5 Å². The fourth-order valence-electron chi connectivity index (χ4n) is 2.35. The minimum absolute atomic E-state index is 0. The molecule has 108 valence electrons. The number of halogens is 1. The lowest BCUT2D eigenvalue weighted by atomic mass is 10.0. The average Bonchev–Trinajstić information content (AvgIpc) is 2.48. The molecule has 0 atom stereocenters. The first-order chi connectivity index (χ1) is 9.67. The summed E-state index contributed by atoms with van der Waals surface area (Å²) < 4.78 is 0. The Morgan fingerprint density at radius 2 is 1.76 bits per heavy atom. The molecule has 0 aliphatic carbocycles. The van der Waals surface area contributed by atoms with Gasteiger partial charge in [0.05, 0.1) is 5.52 Å². The van der Waals surface area contributed by atoms with E-state index in [0.717, 1.165) is 33.2 Å². The summed E-state index contributed by atoms with van der Waals surface area (Å²) in [6, 6.07) is 16.6. The van der Waals surface area contributed by atoms with E-state index in [0.29, 0.717) is 12.4 Å². The Labute approximate surface area is 130 Å². The summed E-state index contributed by atoms with van der Waals surface area (Å²) in [5, 5.41) is 1.11. The Morgan fingerprint density at radius 1 is 1.00 bits per heavy atom. The zero-order valence-electron chi connectivity index (χ0n) is 11.8. The maximum Gasteiger partial charge on any atom is 0.127 e. The number of benzene rings is 2. The van der Waals surface area contributed by atoms with Crippen LogP contribution in [0, 0.1) is 6.92 Å². The van der Waals surface area contributed by atoms with Gasteiger partial charge in [-0.05, 0) is 47.4 Å². The van der Waals surface area contributed by atoms with Gasteiger partial charge in [-0.25, -0.2) is 4.98 Å². The van der Waals surface area contributed by atoms with Crippen LogP contribution in [0.25, 0.3) is 22.0 Å². The van der Waals surface area contributed by atoms with E-state index in [2.05, 4.69) is 41.4 Å². The van der Waals surface area contributed by atoms with Crippen molar-refractivity contribution in [1.82, 2.24) is 4.98 Å². The Hall–Kier alpha value is -2.10. The topological polar surface area (TPSA) is 64.9 Å². The van der Waals surface area contributed by atoms with Crippen LogP contribution in [0.1, 0.15) is 11.1 Å². The molecule has 0 fully saturated rings. The monoisotopic (exact) mass is 299 g/mol. The maximum atomic E-state index is 5.89. The van der Waals surface area contributed by atoms with Gasteiger partial charge in [0.1, 0.15) is 5.82 Å². The highest BCUT2D eigenvalue weighted by Crippen LogP contribution is 2.26. The summed E-state index contributed by atoms with van der Waals surface area (Å²) in [7, 11) is 0. The number of aromatic nitrogens is 1. The third kappa shape index (κ3) is 2.99. The largest absolute Gasteiger partial charge is 0.383 e. The molecular formula is C17H18ClN3. The highest BCUT2D eigenvalue weighted by molar-refractivity contribution is 5.86. The van der Waals surface area contributed by atoms with Crippen molar-refractivity contribution in [2.75, 3.05) is 5.73 Å². The summed E-state index contributed by atoms with van der Waals surface area (Å²) in [6.45, 7) is 2.52. The second-order valence-corrected chi connectivity index (χ2v) is 5.00. The molecule has 0 amide bonds. The molecular weight excluding hydrogens is 282 g/mol. The van der Waals surface area contributed by atoms with Gasteiger partial charge in [-0.3, -0.25) is 0 Å². The zero-order chi connectivity index (χ0) is 14.1. The molecule has 0 radical (unpaired) electrons. The van der Waals surface area contributed by atoms with E-state index in [1.54, 1.807) is 0 Å². The molecule has 0 spiro atoms. The van der Waals surface area contributed by atoms with Crippen molar-refractivity contribution in [2.45, 2.75) is 13.5 Å². The second-order valence-electron chi connectivity index (χ2n) is 5.00. The SMILES string of the molecule is Cc1cc2ccc(-c3cccc(CN)c3)cc2nc1N.Cl. The standard InChI is InChI=1S/C17H17N3.ClH/c1-11-7-15-6-5-14(9-16(15)20-17(11)19)13-4-2-3-12(8-13)10-18;/h2-9H,10,18H2,1H3,(H2,19,20);1H. The molecule has 2 aromatic carbocycles. The number of hydrogen-bond acceptors (Lipinski definition) is 3. The number of anilines is 1. The summed E-state index contributed by atoms with van der Waals surface area (Å²) in [5.41, 5.74) is 16.9. The van der Waals surface area contributed by atoms with Crippen LogP contribution in [-0.4, -0.2) is 4.98 Å². The first-order valence-electron chi connectivity index (χ1n) is 6.63. The van der Waals surface area contributed by atoms with Crippen LogP contribution in [0.5, 0.6) is 0 Å². The van der Waals surface area contributed by atoms with Gasteiger partial charge < -0.3 is 11.5 Å². The third-order valence-corrected chi connectivity index (χ3v) is 3.54. The van der Waals surface area contributed by atoms with Gasteiger partial charge in [-0.2, -0.15) is 0 Å². The molecule has 1 heterocycles. The average molecular weight is 300 g/mol. The highest BCUT2D eigenvalue weighted by Gasteiger charge is 2.04. The Morgan fingerprint density at radius 3 is 2.52 bits per heavy atom. The number of pyridine rings is 1. The lowest BCUT2D eigenvalue weighted by Crippen LogP contribution is -1.96. The summed E-state index contributed by atoms with van der Waals surface area (Å²) in [4.78, 5) is 4.46. The van der Waals surface area contributed by atoms with Crippen molar-refractivity contribution >= 4 is 29.1 Å². The molecule has 0 aliphatic rings. The second kappa shape index (κ2) is 6.12. The highest BCUT2D eigenvalue weighted by atomic mass is 35.5. The van der Waals surface area contributed by atoms with E-state index in [4.69, 9.17) is 11.5 Å². The molecule has 4 heteroatoms. The number of aryl methyl sites for hydroxylation is 1. The number of nitrogen functional groups attached to an aromatic ring is 1. The van der Waals surface area contributed by atoms with Gasteiger partial charge in [0, 0.05) is 11.9 Å². The number of nitrogens with zero attached hydrogens (tertiary/aromatic N) is 1. The maximum absolute atomic E-state index is 5.89. The minimum Gasteiger partial charge on any atom is -0.383 e. The molecule has 4 N–H and O–H groups in total. The van der Waals surface area contributed by atoms with Gasteiger partial charge in [-0.1, -0.05) is 30.3 Å². The minimum atomic E-state index is 0. The lowest BCUT2D eigenvalue weighted by Gasteiger charge is -2.07. The van der Waals surface area contributed by atoms with Crippen LogP contribution in [0.2, 0.25) is 0 Å². The van der Waals surface area contributed by atoms with Crippen LogP contribution in [0.3, 0.4) is 0 Å². The molecule has 3 rings (SSSR count). The van der Waals surface area contributed by atoms with E-state index < -0.39 is 0 Å². The van der Waals surface area contributed by atoms with Crippen LogP contribution < -0.4 is 11.5 Å². The summed E-state index contributed by atoms with van der Waals surface area (Å²) in [5.74, 6) is 0.588. The summed E-state index contributed by atoms with van der Waals surface area (Å²) >= 11 is 0.